The Bertz CT molecular complexity index is 771. The molecule has 0 spiro atoms. The number of hydrogen-bond donors (Lipinski definition) is 2. The number of nitrogens with two attached hydrogens (primary N) is 1. The predicted octanol–water partition coefficient (Wildman–Crippen LogP) is 2.04. The average molecular weight is 348 g/mol. The van der Waals surface area contributed by atoms with Crippen LogP contribution in [0.3, 0.4) is 0 Å². The van der Waals surface area contributed by atoms with Crippen LogP contribution in [0.2, 0.25) is 0 Å². The van der Waals surface area contributed by atoms with Crippen LogP contribution >= 0.6 is 11.3 Å². The van der Waals surface area contributed by atoms with E-state index in [0.29, 0.717) is 10.8 Å². The van der Waals surface area contributed by atoms with E-state index in [-0.39, 0.29) is 11.1 Å². The fourth-order valence-corrected chi connectivity index (χ4v) is 2.64. The van der Waals surface area contributed by atoms with E-state index in [1.54, 1.807) is 23.6 Å². The molecule has 0 bridgehead atoms. The monoisotopic (exact) mass is 348 g/mol. The Hall–Kier alpha value is -2.87. The molecule has 0 aliphatic heterocycles. The molecule has 8 heteroatoms. The van der Waals surface area contributed by atoms with Crippen molar-refractivity contribution in [1.29, 1.82) is 0 Å². The lowest BCUT2D eigenvalue weighted by molar-refractivity contribution is -0.123. The molecule has 0 fully saturated rings. The van der Waals surface area contributed by atoms with Crippen LogP contribution in [0.15, 0.2) is 35.7 Å². The highest BCUT2D eigenvalue weighted by Gasteiger charge is 2.21. The molecule has 1 aromatic carbocycles. The number of thiophene rings is 1. The van der Waals surface area contributed by atoms with Gasteiger partial charge in [0.15, 0.2) is 6.10 Å². The molecule has 0 aliphatic carbocycles. The highest BCUT2D eigenvalue weighted by molar-refractivity contribution is 7.14. The van der Waals surface area contributed by atoms with Gasteiger partial charge in [-0.3, -0.25) is 9.59 Å². The van der Waals surface area contributed by atoms with Crippen LogP contribution in [0.1, 0.15) is 27.6 Å². The fraction of sp³-hybridized carbons (Fsp3) is 0.188. The Balaban J connectivity index is 2.01. The Morgan fingerprint density at radius 3 is 2.67 bits per heavy atom. The van der Waals surface area contributed by atoms with Crippen molar-refractivity contribution in [2.45, 2.75) is 13.0 Å². The normalized spacial score (nSPS) is 11.4. The van der Waals surface area contributed by atoms with Crippen molar-refractivity contribution in [1.82, 2.24) is 0 Å². The average Bonchev–Trinajstić information content (AvgIpc) is 3.03. The second kappa shape index (κ2) is 7.60. The molecule has 7 nitrogen and oxygen atoms in total. The lowest BCUT2D eigenvalue weighted by atomic mass is 10.2. The van der Waals surface area contributed by atoms with E-state index in [4.69, 9.17) is 15.2 Å². The van der Waals surface area contributed by atoms with E-state index in [9.17, 15) is 14.4 Å². The zero-order chi connectivity index (χ0) is 17.7. The van der Waals surface area contributed by atoms with Crippen LogP contribution in [0.25, 0.3) is 0 Å². The number of carbonyl (C=O) groups is 3. The van der Waals surface area contributed by atoms with Crippen LogP contribution in [0.4, 0.5) is 5.00 Å². The second-order valence-electron chi connectivity index (χ2n) is 4.80. The summed E-state index contributed by atoms with van der Waals surface area (Å²) in [5.41, 5.74) is 5.69. The van der Waals surface area contributed by atoms with Crippen LogP contribution < -0.4 is 15.8 Å². The van der Waals surface area contributed by atoms with Gasteiger partial charge in [0.05, 0.1) is 18.2 Å². The number of anilines is 1. The van der Waals surface area contributed by atoms with E-state index in [0.717, 1.165) is 11.3 Å². The molecule has 24 heavy (non-hydrogen) atoms. The van der Waals surface area contributed by atoms with Gasteiger partial charge in [0.1, 0.15) is 10.8 Å². The molecule has 2 rings (SSSR count). The quantitative estimate of drug-likeness (QED) is 0.777. The number of primary amides is 1. The lowest BCUT2D eigenvalue weighted by Crippen LogP contribution is -2.30. The highest BCUT2D eigenvalue weighted by Crippen LogP contribution is 2.23. The van der Waals surface area contributed by atoms with Gasteiger partial charge in [0.2, 0.25) is 0 Å². The number of ether oxygens (including phenoxy) is 2. The van der Waals surface area contributed by atoms with Crippen molar-refractivity contribution in [3.05, 3.63) is 46.8 Å². The number of nitrogens with one attached hydrogen (secondary N) is 1. The van der Waals surface area contributed by atoms with E-state index in [1.165, 1.54) is 26.2 Å². The van der Waals surface area contributed by atoms with E-state index in [2.05, 4.69) is 5.32 Å². The zero-order valence-corrected chi connectivity index (χ0v) is 13.9. The summed E-state index contributed by atoms with van der Waals surface area (Å²) in [4.78, 5) is 35.4. The summed E-state index contributed by atoms with van der Waals surface area (Å²) in [5, 5.41) is 4.47. The first-order valence-corrected chi connectivity index (χ1v) is 7.83. The van der Waals surface area contributed by atoms with Crippen LogP contribution in [-0.4, -0.2) is 31.0 Å². The topological polar surface area (TPSA) is 108 Å². The Morgan fingerprint density at radius 2 is 2.00 bits per heavy atom. The van der Waals surface area contributed by atoms with Crippen LogP contribution in [0, 0.1) is 0 Å². The van der Waals surface area contributed by atoms with E-state index >= 15 is 0 Å². The van der Waals surface area contributed by atoms with Gasteiger partial charge in [-0.25, -0.2) is 4.79 Å². The molecule has 0 aliphatic rings. The standard InChI is InChI=1S/C16H16N2O5S/c1-9(14(20)18-15-12(13(17)19)6-7-24-15)23-16(21)10-4-3-5-11(8-10)22-2/h3-9H,1-2H3,(H2,17,19)(H,18,20). The minimum absolute atomic E-state index is 0.208. The van der Waals surface area contributed by atoms with Crippen molar-refractivity contribution in [2.24, 2.45) is 5.73 Å². The maximum atomic E-state index is 12.1. The number of rotatable bonds is 6. The molecule has 1 heterocycles. The maximum absolute atomic E-state index is 12.1. The van der Waals surface area contributed by atoms with Gasteiger partial charge in [-0.1, -0.05) is 6.07 Å². The number of benzene rings is 1. The van der Waals surface area contributed by atoms with Gasteiger partial charge < -0.3 is 20.5 Å². The molecule has 1 atom stereocenters. The van der Waals surface area contributed by atoms with Gasteiger partial charge in [0, 0.05) is 0 Å². The first-order chi connectivity index (χ1) is 11.4. The summed E-state index contributed by atoms with van der Waals surface area (Å²) in [5.74, 6) is -1.35. The Kier molecular flexibility index (Phi) is 5.54. The number of carbonyl (C=O) groups excluding carboxylic acids is 3. The van der Waals surface area contributed by atoms with Crippen molar-refractivity contribution >= 4 is 34.1 Å². The minimum atomic E-state index is -1.05. The summed E-state index contributed by atoms with van der Waals surface area (Å²) in [7, 11) is 1.48. The van der Waals surface area contributed by atoms with Crippen LogP contribution in [0.5, 0.6) is 5.75 Å². The number of esters is 1. The molecule has 2 aromatic rings. The predicted molar refractivity (Wildman–Crippen MR) is 89.3 cm³/mol. The molecule has 3 N–H and O–H groups in total. The summed E-state index contributed by atoms with van der Waals surface area (Å²) in [6, 6.07) is 7.91. The first-order valence-electron chi connectivity index (χ1n) is 6.95. The van der Waals surface area contributed by atoms with Crippen molar-refractivity contribution in [3.63, 3.8) is 0 Å². The zero-order valence-electron chi connectivity index (χ0n) is 13.1. The van der Waals surface area contributed by atoms with Gasteiger partial charge in [-0.15, -0.1) is 11.3 Å². The molecule has 126 valence electrons. The molecule has 1 unspecified atom stereocenters. The first kappa shape index (κ1) is 17.5. The third kappa shape index (κ3) is 4.11. The molecular weight excluding hydrogens is 332 g/mol. The molecule has 0 radical (unpaired) electrons. The molecule has 2 amide bonds. The van der Waals surface area contributed by atoms with Gasteiger partial charge in [0.25, 0.3) is 11.8 Å². The van der Waals surface area contributed by atoms with Gasteiger partial charge >= 0.3 is 5.97 Å². The fourth-order valence-electron chi connectivity index (χ4n) is 1.85. The summed E-state index contributed by atoms with van der Waals surface area (Å²) in [6.07, 6.45) is -1.05. The van der Waals surface area contributed by atoms with Crippen molar-refractivity contribution in [2.75, 3.05) is 12.4 Å². The van der Waals surface area contributed by atoms with Gasteiger partial charge in [-0.2, -0.15) is 0 Å². The van der Waals surface area contributed by atoms with Gasteiger partial charge in [-0.05, 0) is 36.6 Å². The maximum Gasteiger partial charge on any atom is 0.339 e. The van der Waals surface area contributed by atoms with Crippen LogP contribution in [-0.2, 0) is 9.53 Å². The van der Waals surface area contributed by atoms with Crippen molar-refractivity contribution < 1.29 is 23.9 Å². The third-order valence-corrected chi connectivity index (χ3v) is 3.96. The van der Waals surface area contributed by atoms with Crippen molar-refractivity contribution in [3.8, 4) is 5.75 Å². The largest absolute Gasteiger partial charge is 0.497 e. The van der Waals surface area contributed by atoms with E-state index in [1.807, 2.05) is 0 Å². The highest BCUT2D eigenvalue weighted by atomic mass is 32.1. The Morgan fingerprint density at radius 1 is 1.25 bits per heavy atom. The third-order valence-electron chi connectivity index (χ3n) is 3.13. The smallest absolute Gasteiger partial charge is 0.339 e. The second-order valence-corrected chi connectivity index (χ2v) is 5.71. The number of methoxy groups -OCH3 is 1. The summed E-state index contributed by atoms with van der Waals surface area (Å²) >= 11 is 1.15. The summed E-state index contributed by atoms with van der Waals surface area (Å²) in [6.45, 7) is 1.44. The molecule has 1 aromatic heterocycles. The molecular formula is C16H16N2O5S. The Labute approximate surface area is 142 Å². The molecule has 0 saturated carbocycles. The number of amides is 2. The molecule has 0 saturated heterocycles. The number of hydrogen-bond acceptors (Lipinski definition) is 6. The van der Waals surface area contributed by atoms with E-state index < -0.39 is 23.9 Å². The SMILES string of the molecule is COc1cccc(C(=O)OC(C)C(=O)Nc2sccc2C(N)=O)c1. The lowest BCUT2D eigenvalue weighted by Gasteiger charge is -2.13. The summed E-state index contributed by atoms with van der Waals surface area (Å²) < 4.78 is 10.2. The minimum Gasteiger partial charge on any atom is -0.497 e.